The topological polar surface area (TPSA) is 0 Å². The van der Waals surface area contributed by atoms with Gasteiger partial charge in [-0.2, -0.15) is 0 Å². The maximum Gasteiger partial charge on any atom is -0.0166 e. The summed E-state index contributed by atoms with van der Waals surface area (Å²) in [5.41, 5.74) is 0. The molecule has 0 heterocycles. The fraction of sp³-hybridized carbons (Fsp3) is 0.286. The van der Waals surface area contributed by atoms with Gasteiger partial charge in [0.25, 0.3) is 0 Å². The summed E-state index contributed by atoms with van der Waals surface area (Å²) in [6.07, 6.45) is 26.5. The summed E-state index contributed by atoms with van der Waals surface area (Å²) in [5, 5.41) is 0. The molecule has 14 heavy (non-hydrogen) atoms. The molecule has 0 amide bonds. The molecule has 0 saturated carbocycles. The van der Waals surface area contributed by atoms with Gasteiger partial charge in [0.05, 0.1) is 0 Å². The van der Waals surface area contributed by atoms with Crippen LogP contribution in [0.3, 0.4) is 0 Å². The number of hydrogen-bond acceptors (Lipinski definition) is 0. The Morgan fingerprint density at radius 1 is 0.786 bits per heavy atom. The monoisotopic (exact) mass is 185 g/mol. The van der Waals surface area contributed by atoms with Crippen LogP contribution in [-0.2, 0) is 0 Å². The average molecular weight is 185 g/mol. The maximum absolute atomic E-state index is 3.08. The van der Waals surface area contributed by atoms with Crippen molar-refractivity contribution < 1.29 is 0 Å². The van der Waals surface area contributed by atoms with Gasteiger partial charge in [-0.05, 0) is 31.8 Å². The van der Waals surface area contributed by atoms with E-state index in [4.69, 9.17) is 0 Å². The quantitative estimate of drug-likeness (QED) is 0.497. The summed E-state index contributed by atoms with van der Waals surface area (Å²) in [4.78, 5) is 0. The van der Waals surface area contributed by atoms with E-state index in [1.165, 1.54) is 12.8 Å². The van der Waals surface area contributed by atoms with Gasteiger partial charge in [-0.25, -0.2) is 0 Å². The fourth-order valence-corrected chi connectivity index (χ4v) is 1.19. The second-order valence-corrected chi connectivity index (χ2v) is 3.19. The third-order valence-corrected chi connectivity index (χ3v) is 1.95. The summed E-state index contributed by atoms with van der Waals surface area (Å²) in [5.74, 6) is 0. The van der Waals surface area contributed by atoms with Crippen LogP contribution in [0.1, 0.15) is 25.7 Å². The van der Waals surface area contributed by atoms with E-state index < -0.39 is 0 Å². The lowest BCUT2D eigenvalue weighted by molar-refractivity contribution is 0.866. The molecule has 0 spiro atoms. The van der Waals surface area contributed by atoms with E-state index in [0.717, 1.165) is 12.8 Å². The third kappa shape index (κ3) is 6.24. The zero-order valence-electron chi connectivity index (χ0n) is 8.52. The van der Waals surface area contributed by atoms with E-state index in [2.05, 4.69) is 36.5 Å². The predicted molar refractivity (Wildman–Crippen MR) is 62.8 cm³/mol. The first-order valence-corrected chi connectivity index (χ1v) is 5.21. The second kappa shape index (κ2) is 8.31. The Labute approximate surface area is 87.0 Å². The van der Waals surface area contributed by atoms with Gasteiger partial charge in [0.1, 0.15) is 0 Å². The van der Waals surface area contributed by atoms with Crippen molar-refractivity contribution in [2.75, 3.05) is 0 Å². The van der Waals surface area contributed by atoms with E-state index in [1.54, 1.807) is 0 Å². The SMILES string of the molecule is [C]1=CC=CC=CCCCC=CCC=C1. The van der Waals surface area contributed by atoms with Gasteiger partial charge in [0, 0.05) is 0 Å². The van der Waals surface area contributed by atoms with E-state index >= 15 is 0 Å². The molecule has 0 aromatic carbocycles. The molecule has 73 valence electrons. The Bertz CT molecular complexity index is 262. The van der Waals surface area contributed by atoms with Crippen LogP contribution in [0.25, 0.3) is 0 Å². The van der Waals surface area contributed by atoms with Gasteiger partial charge in [-0.1, -0.05) is 54.7 Å². The lowest BCUT2D eigenvalue weighted by Crippen LogP contribution is -1.69. The van der Waals surface area contributed by atoms with Crippen molar-refractivity contribution in [2.24, 2.45) is 0 Å². The smallest absolute Gasteiger partial charge is 0.0166 e. The molecule has 1 radical (unpaired) electrons. The molecule has 0 bridgehead atoms. The van der Waals surface area contributed by atoms with Crippen molar-refractivity contribution in [3.8, 4) is 0 Å². The predicted octanol–water partition coefficient (Wildman–Crippen LogP) is 4.14. The van der Waals surface area contributed by atoms with Crippen molar-refractivity contribution in [1.29, 1.82) is 0 Å². The first kappa shape index (κ1) is 10.8. The normalized spacial score (nSPS) is 18.3. The van der Waals surface area contributed by atoms with Crippen LogP contribution in [0.15, 0.2) is 54.7 Å². The van der Waals surface area contributed by atoms with Crippen LogP contribution >= 0.6 is 0 Å². The van der Waals surface area contributed by atoms with Crippen molar-refractivity contribution in [2.45, 2.75) is 25.7 Å². The maximum atomic E-state index is 3.08. The largest absolute Gasteiger partial charge is 0.0882 e. The molecular weight excluding hydrogens is 168 g/mol. The van der Waals surface area contributed by atoms with Crippen LogP contribution in [0.4, 0.5) is 0 Å². The average Bonchev–Trinajstić information content (AvgIpc) is 2.22. The standard InChI is InChI=1S/C14H17/c1-2-4-6-8-10-12-14-13-11-9-7-5-3-1/h1-5,9,11-12,14H,6,8,10,13H2. The molecule has 0 aromatic heterocycles. The van der Waals surface area contributed by atoms with Gasteiger partial charge in [0.15, 0.2) is 0 Å². The number of hydrogen-bond donors (Lipinski definition) is 0. The highest BCUT2D eigenvalue weighted by molar-refractivity contribution is 5.12. The van der Waals surface area contributed by atoms with Crippen molar-refractivity contribution >= 4 is 0 Å². The molecule has 1 aliphatic rings. The van der Waals surface area contributed by atoms with Gasteiger partial charge in [-0.15, -0.1) is 0 Å². The summed E-state index contributed by atoms with van der Waals surface area (Å²) >= 11 is 0. The third-order valence-electron chi connectivity index (χ3n) is 1.95. The summed E-state index contributed by atoms with van der Waals surface area (Å²) in [6, 6.07) is 0. The van der Waals surface area contributed by atoms with Crippen molar-refractivity contribution in [1.82, 2.24) is 0 Å². The highest BCUT2D eigenvalue weighted by atomic mass is 13.9. The molecule has 0 atom stereocenters. The molecule has 1 rings (SSSR count). The van der Waals surface area contributed by atoms with Gasteiger partial charge in [0.2, 0.25) is 0 Å². The molecule has 1 aliphatic carbocycles. The molecule has 0 N–H and O–H groups in total. The molecule has 0 fully saturated rings. The number of rotatable bonds is 0. The first-order valence-electron chi connectivity index (χ1n) is 5.21. The Hall–Kier alpha value is -1.30. The Balaban J connectivity index is 2.46. The lowest BCUT2D eigenvalue weighted by atomic mass is 10.2. The van der Waals surface area contributed by atoms with E-state index in [9.17, 15) is 0 Å². The van der Waals surface area contributed by atoms with Crippen LogP contribution < -0.4 is 0 Å². The van der Waals surface area contributed by atoms with E-state index in [1.807, 2.05) is 24.3 Å². The molecule has 0 heteroatoms. The van der Waals surface area contributed by atoms with Gasteiger partial charge in [-0.3, -0.25) is 0 Å². The fourth-order valence-electron chi connectivity index (χ4n) is 1.19. The minimum absolute atomic E-state index is 1.01. The molecule has 0 unspecified atom stereocenters. The first-order chi connectivity index (χ1) is 7.00. The molecule has 0 saturated heterocycles. The number of allylic oxidation sites excluding steroid dienone is 10. The highest BCUT2D eigenvalue weighted by Gasteiger charge is 1.79. The highest BCUT2D eigenvalue weighted by Crippen LogP contribution is 2.00. The summed E-state index contributed by atoms with van der Waals surface area (Å²) in [7, 11) is 0. The van der Waals surface area contributed by atoms with Crippen LogP contribution in [0, 0.1) is 6.08 Å². The molecule has 0 aromatic rings. The minimum Gasteiger partial charge on any atom is -0.0882 e. The lowest BCUT2D eigenvalue weighted by Gasteiger charge is -1.89. The summed E-state index contributed by atoms with van der Waals surface area (Å²) in [6.45, 7) is 0. The molecule has 0 aliphatic heterocycles. The van der Waals surface area contributed by atoms with Gasteiger partial charge < -0.3 is 0 Å². The van der Waals surface area contributed by atoms with Crippen LogP contribution in [0.2, 0.25) is 0 Å². The van der Waals surface area contributed by atoms with Crippen molar-refractivity contribution in [3.05, 3.63) is 60.8 Å². The molecule has 0 nitrogen and oxygen atoms in total. The van der Waals surface area contributed by atoms with Crippen LogP contribution in [-0.4, -0.2) is 0 Å². The van der Waals surface area contributed by atoms with E-state index in [0.29, 0.717) is 0 Å². The minimum atomic E-state index is 1.01. The second-order valence-electron chi connectivity index (χ2n) is 3.19. The van der Waals surface area contributed by atoms with Gasteiger partial charge >= 0.3 is 0 Å². The van der Waals surface area contributed by atoms with Crippen molar-refractivity contribution in [3.63, 3.8) is 0 Å². The zero-order chi connectivity index (χ0) is 9.90. The Kier molecular flexibility index (Phi) is 6.39. The van der Waals surface area contributed by atoms with Crippen LogP contribution in [0.5, 0.6) is 0 Å². The molecular formula is C14H17. The Morgan fingerprint density at radius 2 is 1.71 bits per heavy atom. The Morgan fingerprint density at radius 3 is 2.71 bits per heavy atom. The van der Waals surface area contributed by atoms with E-state index in [-0.39, 0.29) is 0 Å². The zero-order valence-corrected chi connectivity index (χ0v) is 8.52. The summed E-state index contributed by atoms with van der Waals surface area (Å²) < 4.78 is 0.